The van der Waals surface area contributed by atoms with E-state index in [1.54, 1.807) is 13.1 Å². The standard InChI is InChI=1S/C8H7N3O2S/c1-4-10-7-6(8(12)13-4)11-5(14-2)3-9-7/h3H,1-2H3. The van der Waals surface area contributed by atoms with Crippen LogP contribution in [0.3, 0.4) is 0 Å². The topological polar surface area (TPSA) is 68.9 Å². The van der Waals surface area contributed by atoms with Gasteiger partial charge >= 0.3 is 5.63 Å². The predicted molar refractivity (Wildman–Crippen MR) is 52.4 cm³/mol. The summed E-state index contributed by atoms with van der Waals surface area (Å²) in [5, 5.41) is 0.676. The van der Waals surface area contributed by atoms with Crippen molar-refractivity contribution in [2.45, 2.75) is 11.9 Å². The van der Waals surface area contributed by atoms with Crippen molar-refractivity contribution >= 4 is 22.9 Å². The Morgan fingerprint density at radius 3 is 2.93 bits per heavy atom. The summed E-state index contributed by atoms with van der Waals surface area (Å²) in [5.74, 6) is 0.300. The third-order valence-corrected chi connectivity index (χ3v) is 2.25. The first-order chi connectivity index (χ1) is 6.70. The van der Waals surface area contributed by atoms with Crippen molar-refractivity contribution in [1.29, 1.82) is 0 Å². The summed E-state index contributed by atoms with van der Waals surface area (Å²) in [6, 6.07) is 0. The number of hydrogen-bond donors (Lipinski definition) is 0. The molecular weight excluding hydrogens is 202 g/mol. The molecule has 0 fully saturated rings. The molecule has 0 amide bonds. The molecule has 0 N–H and O–H groups in total. The molecule has 72 valence electrons. The third kappa shape index (κ3) is 1.48. The van der Waals surface area contributed by atoms with Crippen molar-refractivity contribution in [3.8, 4) is 0 Å². The Morgan fingerprint density at radius 2 is 2.21 bits per heavy atom. The molecule has 0 aliphatic heterocycles. The van der Waals surface area contributed by atoms with Crippen molar-refractivity contribution in [3.63, 3.8) is 0 Å². The zero-order valence-electron chi connectivity index (χ0n) is 7.64. The molecule has 0 saturated carbocycles. The SMILES string of the molecule is CSc1cnc2nc(C)oc(=O)c2n1. The van der Waals surface area contributed by atoms with Crippen LogP contribution in [-0.4, -0.2) is 21.2 Å². The van der Waals surface area contributed by atoms with Crippen LogP contribution in [0, 0.1) is 6.92 Å². The van der Waals surface area contributed by atoms with Crippen LogP contribution in [0.15, 0.2) is 20.4 Å². The van der Waals surface area contributed by atoms with E-state index in [9.17, 15) is 4.79 Å². The summed E-state index contributed by atoms with van der Waals surface area (Å²) < 4.78 is 4.81. The highest BCUT2D eigenvalue weighted by atomic mass is 32.2. The molecule has 0 spiro atoms. The summed E-state index contributed by atoms with van der Waals surface area (Å²) in [7, 11) is 0. The largest absolute Gasteiger partial charge is 0.407 e. The average molecular weight is 209 g/mol. The van der Waals surface area contributed by atoms with E-state index < -0.39 is 5.63 Å². The molecule has 0 saturated heterocycles. The minimum atomic E-state index is -0.490. The van der Waals surface area contributed by atoms with Gasteiger partial charge in [0.25, 0.3) is 0 Å². The number of rotatable bonds is 1. The molecule has 0 radical (unpaired) electrons. The molecule has 0 bridgehead atoms. The Bertz CT molecular complexity index is 538. The van der Waals surface area contributed by atoms with Gasteiger partial charge in [0.05, 0.1) is 6.20 Å². The van der Waals surface area contributed by atoms with Gasteiger partial charge in [0.15, 0.2) is 17.1 Å². The van der Waals surface area contributed by atoms with Crippen molar-refractivity contribution in [2.24, 2.45) is 0 Å². The number of aryl methyl sites for hydroxylation is 1. The number of hydrogen-bond acceptors (Lipinski definition) is 6. The number of thioether (sulfide) groups is 1. The summed E-state index contributed by atoms with van der Waals surface area (Å²) in [4.78, 5) is 23.4. The zero-order valence-corrected chi connectivity index (χ0v) is 8.46. The van der Waals surface area contributed by atoms with Crippen molar-refractivity contribution in [2.75, 3.05) is 6.26 Å². The molecule has 0 unspecified atom stereocenters. The fourth-order valence-electron chi connectivity index (χ4n) is 1.04. The van der Waals surface area contributed by atoms with Crippen LogP contribution < -0.4 is 5.63 Å². The first-order valence-corrected chi connectivity index (χ1v) is 5.11. The van der Waals surface area contributed by atoms with Gasteiger partial charge in [-0.2, -0.15) is 4.98 Å². The van der Waals surface area contributed by atoms with Gasteiger partial charge in [-0.05, 0) is 6.26 Å². The van der Waals surface area contributed by atoms with Crippen molar-refractivity contribution in [3.05, 3.63) is 22.5 Å². The van der Waals surface area contributed by atoms with E-state index in [1.807, 2.05) is 6.26 Å². The van der Waals surface area contributed by atoms with E-state index in [-0.39, 0.29) is 5.52 Å². The highest BCUT2D eigenvalue weighted by Gasteiger charge is 2.06. The lowest BCUT2D eigenvalue weighted by molar-refractivity contribution is 0.464. The Hall–Kier alpha value is -1.43. The number of aromatic nitrogens is 3. The van der Waals surface area contributed by atoms with Crippen molar-refractivity contribution < 1.29 is 4.42 Å². The van der Waals surface area contributed by atoms with Gasteiger partial charge in [-0.25, -0.2) is 14.8 Å². The zero-order chi connectivity index (χ0) is 10.1. The normalized spacial score (nSPS) is 10.7. The van der Waals surface area contributed by atoms with E-state index in [4.69, 9.17) is 4.42 Å². The van der Waals surface area contributed by atoms with Gasteiger partial charge in [-0.3, -0.25) is 0 Å². The van der Waals surface area contributed by atoms with E-state index >= 15 is 0 Å². The summed E-state index contributed by atoms with van der Waals surface area (Å²) >= 11 is 1.41. The highest BCUT2D eigenvalue weighted by molar-refractivity contribution is 7.98. The second-order valence-electron chi connectivity index (χ2n) is 2.60. The molecule has 0 aliphatic carbocycles. The van der Waals surface area contributed by atoms with Crippen molar-refractivity contribution in [1.82, 2.24) is 15.0 Å². The highest BCUT2D eigenvalue weighted by Crippen LogP contribution is 2.11. The fraction of sp³-hybridized carbons (Fsp3) is 0.250. The van der Waals surface area contributed by atoms with Gasteiger partial charge in [0.1, 0.15) is 5.03 Å². The first kappa shape index (κ1) is 9.14. The maximum absolute atomic E-state index is 11.3. The second kappa shape index (κ2) is 3.38. The van der Waals surface area contributed by atoms with Gasteiger partial charge in [-0.15, -0.1) is 11.8 Å². The molecule has 6 heteroatoms. The van der Waals surface area contributed by atoms with Crippen LogP contribution in [0.4, 0.5) is 0 Å². The summed E-state index contributed by atoms with van der Waals surface area (Å²) in [5.41, 5.74) is 0.0231. The van der Waals surface area contributed by atoms with E-state index in [0.717, 1.165) is 0 Å². The lowest BCUT2D eigenvalue weighted by atomic mass is 10.5. The van der Waals surface area contributed by atoms with E-state index in [2.05, 4.69) is 15.0 Å². The molecular formula is C8H7N3O2S. The average Bonchev–Trinajstić information content (AvgIpc) is 2.17. The molecule has 5 nitrogen and oxygen atoms in total. The quantitative estimate of drug-likeness (QED) is 0.653. The first-order valence-electron chi connectivity index (χ1n) is 3.89. The van der Waals surface area contributed by atoms with Crippen LogP contribution in [0.5, 0.6) is 0 Å². The molecule has 14 heavy (non-hydrogen) atoms. The smallest absolute Gasteiger partial charge is 0.367 e. The predicted octanol–water partition coefficient (Wildman–Crippen LogP) is 1.01. The van der Waals surface area contributed by atoms with Gasteiger partial charge in [0.2, 0.25) is 0 Å². The Morgan fingerprint density at radius 1 is 1.43 bits per heavy atom. The molecule has 2 aromatic rings. The van der Waals surface area contributed by atoms with E-state index in [0.29, 0.717) is 16.6 Å². The number of nitrogens with zero attached hydrogens (tertiary/aromatic N) is 3. The maximum atomic E-state index is 11.3. The van der Waals surface area contributed by atoms with Gasteiger partial charge < -0.3 is 4.42 Å². The minimum Gasteiger partial charge on any atom is -0.407 e. The van der Waals surface area contributed by atoms with Gasteiger partial charge in [-0.1, -0.05) is 0 Å². The van der Waals surface area contributed by atoms with Crippen LogP contribution >= 0.6 is 11.8 Å². The fourth-order valence-corrected chi connectivity index (χ4v) is 1.38. The molecule has 0 aliphatic rings. The van der Waals surface area contributed by atoms with Gasteiger partial charge in [0, 0.05) is 6.92 Å². The van der Waals surface area contributed by atoms with Crippen LogP contribution in [0.25, 0.3) is 11.2 Å². The molecule has 2 aromatic heterocycles. The van der Waals surface area contributed by atoms with Crippen LogP contribution in [-0.2, 0) is 0 Å². The third-order valence-electron chi connectivity index (χ3n) is 1.64. The van der Waals surface area contributed by atoms with Crippen LogP contribution in [0.2, 0.25) is 0 Å². The second-order valence-corrected chi connectivity index (χ2v) is 3.43. The van der Waals surface area contributed by atoms with Crippen LogP contribution in [0.1, 0.15) is 5.89 Å². The molecule has 0 aromatic carbocycles. The lowest BCUT2D eigenvalue weighted by Crippen LogP contribution is -2.06. The molecule has 0 atom stereocenters. The summed E-state index contributed by atoms with van der Waals surface area (Å²) in [6.45, 7) is 1.60. The van der Waals surface area contributed by atoms with E-state index in [1.165, 1.54) is 11.8 Å². The molecule has 2 heterocycles. The maximum Gasteiger partial charge on any atom is 0.367 e. The lowest BCUT2D eigenvalue weighted by Gasteiger charge is -1.97. The minimum absolute atomic E-state index is 0.183. The Kier molecular flexibility index (Phi) is 2.20. The molecule has 2 rings (SSSR count). The Balaban J connectivity index is 2.82. The number of fused-ring (bicyclic) bond motifs is 1. The monoisotopic (exact) mass is 209 g/mol. The summed E-state index contributed by atoms with van der Waals surface area (Å²) in [6.07, 6.45) is 3.44. The Labute approximate surface area is 83.6 Å².